The van der Waals surface area contributed by atoms with E-state index in [1.807, 2.05) is 60.7 Å². The lowest BCUT2D eigenvalue weighted by Gasteiger charge is -2.19. The van der Waals surface area contributed by atoms with E-state index in [2.05, 4.69) is 53.1 Å². The second-order valence-electron chi connectivity index (χ2n) is 9.45. The molecule has 5 nitrogen and oxygen atoms in total. The fourth-order valence-corrected chi connectivity index (χ4v) is 4.47. The van der Waals surface area contributed by atoms with E-state index in [1.165, 1.54) is 5.56 Å². The maximum atomic E-state index is 12.5. The molecule has 1 aromatic heterocycles. The van der Waals surface area contributed by atoms with Crippen LogP contribution >= 0.6 is 15.9 Å². The number of hydrogen-bond donors (Lipinski definition) is 1. The highest BCUT2D eigenvalue weighted by Crippen LogP contribution is 2.34. The maximum absolute atomic E-state index is 12.5. The van der Waals surface area contributed by atoms with Crippen molar-refractivity contribution in [2.45, 2.75) is 26.2 Å². The molecule has 6 heteroatoms. The molecule has 1 N–H and O–H groups in total. The molecule has 0 radical (unpaired) electrons. The molecule has 0 unspecified atom stereocenters. The summed E-state index contributed by atoms with van der Waals surface area (Å²) in [5.41, 5.74) is 4.15. The van der Waals surface area contributed by atoms with E-state index < -0.39 is 0 Å². The van der Waals surface area contributed by atoms with Gasteiger partial charge in [-0.05, 0) is 64.2 Å². The summed E-state index contributed by atoms with van der Waals surface area (Å²) in [6, 6.07) is 25.3. The molecular formula is C29H25BrN2O3. The van der Waals surface area contributed by atoms with Crippen LogP contribution in [0.5, 0.6) is 5.75 Å². The number of carbonyl (C=O) groups is 1. The second kappa shape index (κ2) is 9.19. The van der Waals surface area contributed by atoms with Gasteiger partial charge in [-0.2, -0.15) is 0 Å². The van der Waals surface area contributed by atoms with Gasteiger partial charge in [0.05, 0.1) is 0 Å². The first kappa shape index (κ1) is 23.1. The Morgan fingerprint density at radius 2 is 1.71 bits per heavy atom. The first-order chi connectivity index (χ1) is 16.8. The molecule has 0 aliphatic carbocycles. The molecule has 0 aliphatic heterocycles. The van der Waals surface area contributed by atoms with Crippen molar-refractivity contribution in [1.82, 2.24) is 4.98 Å². The number of amides is 1. The summed E-state index contributed by atoms with van der Waals surface area (Å²) in [6.07, 6.45) is 0. The van der Waals surface area contributed by atoms with Crippen molar-refractivity contribution in [1.29, 1.82) is 0 Å². The zero-order valence-electron chi connectivity index (χ0n) is 19.8. The Morgan fingerprint density at radius 3 is 2.49 bits per heavy atom. The fraction of sp³-hybridized carbons (Fsp3) is 0.172. The minimum atomic E-state index is -0.244. The molecule has 1 amide bonds. The van der Waals surface area contributed by atoms with Gasteiger partial charge in [-0.1, -0.05) is 73.1 Å². The summed E-state index contributed by atoms with van der Waals surface area (Å²) in [5.74, 6) is 0.951. The number of anilines is 1. The summed E-state index contributed by atoms with van der Waals surface area (Å²) < 4.78 is 12.7. The minimum absolute atomic E-state index is 0.0694. The number of oxazole rings is 1. The van der Waals surface area contributed by atoms with E-state index in [9.17, 15) is 4.79 Å². The Hall–Kier alpha value is -3.64. The molecule has 0 spiro atoms. The van der Waals surface area contributed by atoms with E-state index in [0.29, 0.717) is 28.4 Å². The van der Waals surface area contributed by atoms with Crippen molar-refractivity contribution < 1.29 is 13.9 Å². The number of carbonyl (C=O) groups excluding carboxylic acids is 1. The lowest BCUT2D eigenvalue weighted by atomic mass is 9.87. The van der Waals surface area contributed by atoms with Crippen molar-refractivity contribution in [2.75, 3.05) is 11.9 Å². The Labute approximate surface area is 212 Å². The molecule has 0 fully saturated rings. The van der Waals surface area contributed by atoms with Gasteiger partial charge in [0.15, 0.2) is 12.2 Å². The van der Waals surface area contributed by atoms with E-state index in [-0.39, 0.29) is 17.9 Å². The normalized spacial score (nSPS) is 11.7. The summed E-state index contributed by atoms with van der Waals surface area (Å²) >= 11 is 3.61. The first-order valence-corrected chi connectivity index (χ1v) is 12.2. The highest BCUT2D eigenvalue weighted by atomic mass is 79.9. The summed E-state index contributed by atoms with van der Waals surface area (Å²) in [5, 5.41) is 5.02. The van der Waals surface area contributed by atoms with E-state index in [4.69, 9.17) is 9.15 Å². The second-order valence-corrected chi connectivity index (χ2v) is 10.3. The number of rotatable bonds is 5. The Balaban J connectivity index is 1.30. The lowest BCUT2D eigenvalue weighted by molar-refractivity contribution is -0.118. The van der Waals surface area contributed by atoms with Crippen LogP contribution in [0.25, 0.3) is 33.3 Å². The number of nitrogens with zero attached hydrogens (tertiary/aromatic N) is 1. The topological polar surface area (TPSA) is 64.4 Å². The third-order valence-corrected chi connectivity index (χ3v) is 6.55. The Bertz CT molecular complexity index is 1530. The van der Waals surface area contributed by atoms with E-state index in [1.54, 1.807) is 12.1 Å². The van der Waals surface area contributed by atoms with E-state index in [0.717, 1.165) is 20.8 Å². The van der Waals surface area contributed by atoms with Crippen LogP contribution in [0, 0.1) is 0 Å². The SMILES string of the molecule is CC(C)(C)c1ccc(OCC(=O)Nc2ccc3oc(-c4cccc5c(Br)cccc45)nc3c2)cc1. The standard InChI is InChI=1S/C29H25BrN2O3/c1-29(2,3)18-10-13-20(14-11-18)34-17-27(33)31-19-12-15-26-25(16-19)32-28(35-26)23-8-4-7-22-21(23)6-5-9-24(22)30/h4-16H,17H2,1-3H3,(H,31,33). The van der Waals surface area contributed by atoms with Gasteiger partial charge in [0, 0.05) is 15.7 Å². The number of halogens is 1. The fourth-order valence-electron chi connectivity index (χ4n) is 3.98. The highest BCUT2D eigenvalue weighted by molar-refractivity contribution is 9.10. The van der Waals surface area contributed by atoms with Crippen LogP contribution in [-0.4, -0.2) is 17.5 Å². The average Bonchev–Trinajstić information content (AvgIpc) is 3.26. The molecule has 0 saturated heterocycles. The molecule has 0 atom stereocenters. The van der Waals surface area contributed by atoms with Gasteiger partial charge in [-0.25, -0.2) is 4.98 Å². The third kappa shape index (κ3) is 4.93. The third-order valence-electron chi connectivity index (χ3n) is 5.86. The van der Waals surface area contributed by atoms with Gasteiger partial charge >= 0.3 is 0 Å². The number of aromatic nitrogens is 1. The number of ether oxygens (including phenoxy) is 1. The molecule has 5 aromatic rings. The molecule has 0 aliphatic rings. The number of benzene rings is 4. The number of fused-ring (bicyclic) bond motifs is 2. The summed E-state index contributed by atoms with van der Waals surface area (Å²) in [4.78, 5) is 17.2. The predicted octanol–water partition coefficient (Wildman–Crippen LogP) is 7.73. The molecule has 176 valence electrons. The van der Waals surface area contributed by atoms with Crippen molar-refractivity contribution >= 4 is 49.4 Å². The Kier molecular flexibility index (Phi) is 6.07. The van der Waals surface area contributed by atoms with Gasteiger partial charge in [-0.15, -0.1) is 0 Å². The molecular weight excluding hydrogens is 504 g/mol. The van der Waals surface area contributed by atoms with Gasteiger partial charge < -0.3 is 14.5 Å². The van der Waals surface area contributed by atoms with Crippen LogP contribution < -0.4 is 10.1 Å². The zero-order chi connectivity index (χ0) is 24.6. The van der Waals surface area contributed by atoms with Gasteiger partial charge in [0.2, 0.25) is 5.89 Å². The summed E-state index contributed by atoms with van der Waals surface area (Å²) in [6.45, 7) is 6.39. The van der Waals surface area contributed by atoms with Crippen LogP contribution in [0.15, 0.2) is 87.8 Å². The quantitative estimate of drug-likeness (QED) is 0.253. The van der Waals surface area contributed by atoms with Crippen molar-refractivity contribution in [3.63, 3.8) is 0 Å². The van der Waals surface area contributed by atoms with Crippen LogP contribution in [0.1, 0.15) is 26.3 Å². The molecule has 0 bridgehead atoms. The van der Waals surface area contributed by atoms with Crippen LogP contribution in [-0.2, 0) is 10.2 Å². The molecule has 35 heavy (non-hydrogen) atoms. The minimum Gasteiger partial charge on any atom is -0.484 e. The van der Waals surface area contributed by atoms with Crippen LogP contribution in [0.3, 0.4) is 0 Å². The first-order valence-electron chi connectivity index (χ1n) is 11.4. The van der Waals surface area contributed by atoms with E-state index >= 15 is 0 Å². The van der Waals surface area contributed by atoms with Gasteiger partial charge in [0.25, 0.3) is 5.91 Å². The monoisotopic (exact) mass is 528 g/mol. The number of nitrogens with one attached hydrogen (secondary N) is 1. The molecule has 1 heterocycles. The van der Waals surface area contributed by atoms with Crippen LogP contribution in [0.4, 0.5) is 5.69 Å². The molecule has 5 rings (SSSR count). The summed E-state index contributed by atoms with van der Waals surface area (Å²) in [7, 11) is 0. The Morgan fingerprint density at radius 1 is 0.971 bits per heavy atom. The molecule has 0 saturated carbocycles. The van der Waals surface area contributed by atoms with Gasteiger partial charge in [0.1, 0.15) is 11.3 Å². The van der Waals surface area contributed by atoms with Crippen molar-refractivity contribution in [3.05, 3.63) is 88.9 Å². The van der Waals surface area contributed by atoms with Crippen molar-refractivity contribution in [3.8, 4) is 17.2 Å². The van der Waals surface area contributed by atoms with Crippen LogP contribution in [0.2, 0.25) is 0 Å². The average molecular weight is 529 g/mol. The largest absolute Gasteiger partial charge is 0.484 e. The zero-order valence-corrected chi connectivity index (χ0v) is 21.3. The smallest absolute Gasteiger partial charge is 0.262 e. The lowest BCUT2D eigenvalue weighted by Crippen LogP contribution is -2.20. The van der Waals surface area contributed by atoms with Crippen molar-refractivity contribution in [2.24, 2.45) is 0 Å². The molecule has 4 aromatic carbocycles. The van der Waals surface area contributed by atoms with Gasteiger partial charge in [-0.3, -0.25) is 4.79 Å². The number of hydrogen-bond acceptors (Lipinski definition) is 4. The maximum Gasteiger partial charge on any atom is 0.262 e. The highest BCUT2D eigenvalue weighted by Gasteiger charge is 2.15. The predicted molar refractivity (Wildman–Crippen MR) is 144 cm³/mol.